The third kappa shape index (κ3) is 6.46. The molecule has 3 N–H and O–H groups in total. The van der Waals surface area contributed by atoms with Gasteiger partial charge >= 0.3 is 0 Å². The molecule has 0 aromatic heterocycles. The lowest BCUT2D eigenvalue weighted by atomic mass is 9.93. The molecule has 0 saturated carbocycles. The zero-order chi connectivity index (χ0) is 15.3. The van der Waals surface area contributed by atoms with Crippen molar-refractivity contribution in [1.29, 1.82) is 0 Å². The van der Waals surface area contributed by atoms with E-state index in [2.05, 4.69) is 19.2 Å². The number of nitrogens with zero attached hydrogens (tertiary/aromatic N) is 1. The van der Waals surface area contributed by atoms with Crippen molar-refractivity contribution < 1.29 is 4.79 Å². The standard InChI is InChI=1S/C16H27N3O.ClH/c1-12-7-6-8-13(2)15(12)18-14(20)9-19(5)11-16(3,4)10-17;/h6-8H,9-11,17H2,1-5H3,(H,18,20);1H. The lowest BCUT2D eigenvalue weighted by Crippen LogP contribution is -2.40. The van der Waals surface area contributed by atoms with Gasteiger partial charge in [-0.2, -0.15) is 0 Å². The highest BCUT2D eigenvalue weighted by Gasteiger charge is 2.19. The van der Waals surface area contributed by atoms with E-state index in [-0.39, 0.29) is 23.7 Å². The van der Waals surface area contributed by atoms with E-state index in [4.69, 9.17) is 5.73 Å². The van der Waals surface area contributed by atoms with Crippen molar-refractivity contribution in [2.45, 2.75) is 27.7 Å². The number of nitrogens with one attached hydrogen (secondary N) is 1. The number of amides is 1. The van der Waals surface area contributed by atoms with Gasteiger partial charge in [-0.1, -0.05) is 32.0 Å². The molecule has 0 aliphatic rings. The van der Waals surface area contributed by atoms with Gasteiger partial charge in [-0.3, -0.25) is 9.69 Å². The molecule has 21 heavy (non-hydrogen) atoms. The zero-order valence-electron chi connectivity index (χ0n) is 13.7. The van der Waals surface area contributed by atoms with Gasteiger partial charge in [0.05, 0.1) is 6.54 Å². The molecule has 1 amide bonds. The van der Waals surface area contributed by atoms with Gasteiger partial charge in [0.1, 0.15) is 0 Å². The van der Waals surface area contributed by atoms with E-state index in [0.29, 0.717) is 13.1 Å². The van der Waals surface area contributed by atoms with Gasteiger partial charge in [0.25, 0.3) is 0 Å². The maximum atomic E-state index is 12.1. The van der Waals surface area contributed by atoms with E-state index >= 15 is 0 Å². The Kier molecular flexibility index (Phi) is 7.93. The maximum Gasteiger partial charge on any atom is 0.238 e. The summed E-state index contributed by atoms with van der Waals surface area (Å²) in [7, 11) is 1.95. The smallest absolute Gasteiger partial charge is 0.238 e. The van der Waals surface area contributed by atoms with E-state index in [9.17, 15) is 4.79 Å². The Morgan fingerprint density at radius 3 is 2.29 bits per heavy atom. The average molecular weight is 314 g/mol. The van der Waals surface area contributed by atoms with Crippen LogP contribution in [0.1, 0.15) is 25.0 Å². The van der Waals surface area contributed by atoms with Gasteiger partial charge in [-0.05, 0) is 44.0 Å². The van der Waals surface area contributed by atoms with Gasteiger partial charge in [-0.25, -0.2) is 0 Å². The molecule has 0 spiro atoms. The van der Waals surface area contributed by atoms with Crippen molar-refractivity contribution in [2.75, 3.05) is 32.0 Å². The first-order chi connectivity index (χ1) is 9.25. The maximum absolute atomic E-state index is 12.1. The number of anilines is 1. The minimum absolute atomic E-state index is 0. The zero-order valence-corrected chi connectivity index (χ0v) is 14.5. The number of likely N-dealkylation sites (N-methyl/N-ethyl adjacent to an activating group) is 1. The Balaban J connectivity index is 0.00000400. The first-order valence-electron chi connectivity index (χ1n) is 7.00. The van der Waals surface area contributed by atoms with E-state index in [1.54, 1.807) is 0 Å². The molecule has 120 valence electrons. The monoisotopic (exact) mass is 313 g/mol. The van der Waals surface area contributed by atoms with Crippen LogP contribution in [0.2, 0.25) is 0 Å². The minimum Gasteiger partial charge on any atom is -0.330 e. The van der Waals surface area contributed by atoms with E-state index in [1.165, 1.54) is 0 Å². The van der Waals surface area contributed by atoms with Crippen LogP contribution in [0.15, 0.2) is 18.2 Å². The van der Waals surface area contributed by atoms with Crippen molar-refractivity contribution >= 4 is 24.0 Å². The number of aryl methyl sites for hydroxylation is 2. The minimum atomic E-state index is 0. The van der Waals surface area contributed by atoms with Gasteiger partial charge in [0.2, 0.25) is 5.91 Å². The van der Waals surface area contributed by atoms with Crippen LogP contribution in [0.25, 0.3) is 0 Å². The number of benzene rings is 1. The third-order valence-electron chi connectivity index (χ3n) is 3.41. The Morgan fingerprint density at radius 1 is 1.29 bits per heavy atom. The summed E-state index contributed by atoms with van der Waals surface area (Å²) in [6.45, 7) is 9.99. The largest absolute Gasteiger partial charge is 0.330 e. The summed E-state index contributed by atoms with van der Waals surface area (Å²) < 4.78 is 0. The van der Waals surface area contributed by atoms with Gasteiger partial charge < -0.3 is 11.1 Å². The normalized spacial score (nSPS) is 11.2. The molecule has 1 aromatic carbocycles. The molecular weight excluding hydrogens is 286 g/mol. The molecular formula is C16H28ClN3O. The number of nitrogens with two attached hydrogens (primary N) is 1. The Hall–Kier alpha value is -1.10. The molecule has 1 rings (SSSR count). The van der Waals surface area contributed by atoms with Gasteiger partial charge in [0, 0.05) is 12.2 Å². The number of hydrogen-bond donors (Lipinski definition) is 2. The Bertz CT molecular complexity index is 454. The highest BCUT2D eigenvalue weighted by molar-refractivity contribution is 5.93. The summed E-state index contributed by atoms with van der Waals surface area (Å²) in [5, 5.41) is 3.00. The second-order valence-corrected chi connectivity index (χ2v) is 6.36. The van der Waals surface area contributed by atoms with Crippen LogP contribution >= 0.6 is 12.4 Å². The van der Waals surface area contributed by atoms with E-state index in [1.807, 2.05) is 44.0 Å². The van der Waals surface area contributed by atoms with Crippen LogP contribution in [0, 0.1) is 19.3 Å². The molecule has 1 aromatic rings. The second-order valence-electron chi connectivity index (χ2n) is 6.36. The van der Waals surface area contributed by atoms with Crippen molar-refractivity contribution in [3.05, 3.63) is 29.3 Å². The molecule has 0 atom stereocenters. The van der Waals surface area contributed by atoms with Crippen molar-refractivity contribution in [1.82, 2.24) is 4.90 Å². The molecule has 5 heteroatoms. The quantitative estimate of drug-likeness (QED) is 0.848. The van der Waals surface area contributed by atoms with Gasteiger partial charge in [-0.15, -0.1) is 12.4 Å². The van der Waals surface area contributed by atoms with Crippen molar-refractivity contribution in [2.24, 2.45) is 11.1 Å². The highest BCUT2D eigenvalue weighted by Crippen LogP contribution is 2.19. The molecule has 0 aliphatic heterocycles. The lowest BCUT2D eigenvalue weighted by Gasteiger charge is -2.28. The number of para-hydroxylation sites is 1. The highest BCUT2D eigenvalue weighted by atomic mass is 35.5. The molecule has 0 fully saturated rings. The number of carbonyl (C=O) groups is 1. The summed E-state index contributed by atoms with van der Waals surface area (Å²) in [6, 6.07) is 6.00. The molecule has 0 bridgehead atoms. The van der Waals surface area contributed by atoms with Crippen LogP contribution in [-0.4, -0.2) is 37.5 Å². The molecule has 4 nitrogen and oxygen atoms in total. The van der Waals surface area contributed by atoms with Crippen LogP contribution in [0.5, 0.6) is 0 Å². The van der Waals surface area contributed by atoms with Crippen LogP contribution in [0.3, 0.4) is 0 Å². The predicted molar refractivity (Wildman–Crippen MR) is 92.1 cm³/mol. The fraction of sp³-hybridized carbons (Fsp3) is 0.562. The molecule has 0 saturated heterocycles. The summed E-state index contributed by atoms with van der Waals surface area (Å²) in [4.78, 5) is 14.1. The predicted octanol–water partition coefficient (Wildman–Crippen LogP) is 2.58. The summed E-state index contributed by atoms with van der Waals surface area (Å²) in [5.41, 5.74) is 8.84. The molecule has 0 aliphatic carbocycles. The van der Waals surface area contributed by atoms with Crippen molar-refractivity contribution in [3.63, 3.8) is 0 Å². The Labute approximate surface area is 134 Å². The number of halogens is 1. The van der Waals surface area contributed by atoms with Crippen LogP contribution in [0.4, 0.5) is 5.69 Å². The topological polar surface area (TPSA) is 58.4 Å². The fourth-order valence-electron chi connectivity index (χ4n) is 2.29. The fourth-order valence-corrected chi connectivity index (χ4v) is 2.29. The molecule has 0 unspecified atom stereocenters. The van der Waals surface area contributed by atoms with Crippen molar-refractivity contribution in [3.8, 4) is 0 Å². The first-order valence-corrected chi connectivity index (χ1v) is 7.00. The Morgan fingerprint density at radius 2 is 1.81 bits per heavy atom. The second kappa shape index (κ2) is 8.37. The average Bonchev–Trinajstić information content (AvgIpc) is 2.33. The third-order valence-corrected chi connectivity index (χ3v) is 3.41. The summed E-state index contributed by atoms with van der Waals surface area (Å²) in [5.74, 6) is 0.0118. The number of rotatable bonds is 6. The van der Waals surface area contributed by atoms with Gasteiger partial charge in [0.15, 0.2) is 0 Å². The molecule has 0 radical (unpaired) electrons. The van der Waals surface area contributed by atoms with E-state index in [0.717, 1.165) is 23.4 Å². The first kappa shape index (κ1) is 19.9. The van der Waals surface area contributed by atoms with Crippen LogP contribution < -0.4 is 11.1 Å². The SMILES string of the molecule is Cc1cccc(C)c1NC(=O)CN(C)CC(C)(C)CN.Cl. The lowest BCUT2D eigenvalue weighted by molar-refractivity contribution is -0.117. The van der Waals surface area contributed by atoms with Crippen LogP contribution in [-0.2, 0) is 4.79 Å². The number of hydrogen-bond acceptors (Lipinski definition) is 3. The van der Waals surface area contributed by atoms with E-state index < -0.39 is 0 Å². The summed E-state index contributed by atoms with van der Waals surface area (Å²) in [6.07, 6.45) is 0. The summed E-state index contributed by atoms with van der Waals surface area (Å²) >= 11 is 0. The number of carbonyl (C=O) groups excluding carboxylic acids is 1. The molecule has 0 heterocycles.